The molecule has 3 rings (SSSR count). The number of benzene rings is 1. The van der Waals surface area contributed by atoms with Gasteiger partial charge in [-0.2, -0.15) is 0 Å². The second-order valence-corrected chi connectivity index (χ2v) is 8.94. The molecule has 1 aromatic rings. The van der Waals surface area contributed by atoms with E-state index in [0.29, 0.717) is 79.2 Å². The van der Waals surface area contributed by atoms with Gasteiger partial charge in [-0.1, -0.05) is 6.07 Å². The van der Waals surface area contributed by atoms with Crippen molar-refractivity contribution in [3.8, 4) is 5.75 Å². The third kappa shape index (κ3) is 10.4. The smallest absolute Gasteiger partial charge is 0.266 e. The Hall–Kier alpha value is -2.98. The summed E-state index contributed by atoms with van der Waals surface area (Å²) in [7, 11) is 0. The molecule has 228 valence electrons. The standard InChI is InChI=1S/C27H39N3O11/c28-6-7-35-8-9-36-10-11-37-12-13-38-14-15-39-16-17-40-18-19-41-22-3-1-2-20-24(22)27(34)30(26(20)33)21-4-5-23(31)29-25(21)32/h1-3,21H,4-19,28H2,(H,29,31,32). The van der Waals surface area contributed by atoms with E-state index < -0.39 is 29.7 Å². The summed E-state index contributed by atoms with van der Waals surface area (Å²) in [6.45, 7) is 5.93. The van der Waals surface area contributed by atoms with Crippen molar-refractivity contribution in [1.29, 1.82) is 0 Å². The number of amides is 4. The van der Waals surface area contributed by atoms with Gasteiger partial charge in [-0.25, -0.2) is 0 Å². The van der Waals surface area contributed by atoms with Crippen LogP contribution in [0.1, 0.15) is 33.6 Å². The molecule has 14 nitrogen and oxygen atoms in total. The fraction of sp³-hybridized carbons (Fsp3) is 0.630. The summed E-state index contributed by atoms with van der Waals surface area (Å²) in [4.78, 5) is 50.5. The molecule has 1 fully saturated rings. The van der Waals surface area contributed by atoms with E-state index in [1.807, 2.05) is 0 Å². The first kappa shape index (κ1) is 32.5. The highest BCUT2D eigenvalue weighted by Crippen LogP contribution is 2.33. The Kier molecular flexibility index (Phi) is 14.6. The lowest BCUT2D eigenvalue weighted by molar-refractivity contribution is -0.136. The molecule has 2 aliphatic rings. The fourth-order valence-corrected chi connectivity index (χ4v) is 4.10. The van der Waals surface area contributed by atoms with Gasteiger partial charge >= 0.3 is 0 Å². The van der Waals surface area contributed by atoms with Crippen LogP contribution in [0.4, 0.5) is 0 Å². The predicted octanol–water partition coefficient (Wildman–Crippen LogP) is -0.475. The molecule has 0 aromatic heterocycles. The summed E-state index contributed by atoms with van der Waals surface area (Å²) >= 11 is 0. The normalized spacial score (nSPS) is 16.8. The lowest BCUT2D eigenvalue weighted by atomic mass is 10.0. The van der Waals surface area contributed by atoms with Gasteiger partial charge < -0.3 is 38.9 Å². The number of fused-ring (bicyclic) bond motifs is 1. The maximum atomic E-state index is 13.0. The van der Waals surface area contributed by atoms with Crippen molar-refractivity contribution in [2.75, 3.05) is 92.4 Å². The molecular weight excluding hydrogens is 542 g/mol. The van der Waals surface area contributed by atoms with Gasteiger partial charge in [0.2, 0.25) is 11.8 Å². The number of carbonyl (C=O) groups is 4. The molecule has 1 atom stereocenters. The van der Waals surface area contributed by atoms with Gasteiger partial charge in [-0.05, 0) is 18.6 Å². The van der Waals surface area contributed by atoms with Crippen LogP contribution in [0.15, 0.2) is 18.2 Å². The van der Waals surface area contributed by atoms with Crippen LogP contribution in [-0.4, -0.2) is 127 Å². The molecule has 0 aliphatic carbocycles. The number of imide groups is 2. The number of hydrogen-bond acceptors (Lipinski definition) is 12. The van der Waals surface area contributed by atoms with Gasteiger partial charge in [0.05, 0.1) is 90.4 Å². The molecule has 4 amide bonds. The van der Waals surface area contributed by atoms with Crippen molar-refractivity contribution in [2.45, 2.75) is 18.9 Å². The Balaban J connectivity index is 1.19. The number of rotatable bonds is 22. The molecule has 1 saturated heterocycles. The number of nitrogens with one attached hydrogen (secondary N) is 1. The van der Waals surface area contributed by atoms with Gasteiger partial charge in [-0.15, -0.1) is 0 Å². The molecular formula is C27H39N3O11. The van der Waals surface area contributed by atoms with Crippen molar-refractivity contribution in [3.63, 3.8) is 0 Å². The molecule has 0 radical (unpaired) electrons. The van der Waals surface area contributed by atoms with E-state index in [0.717, 1.165) is 4.90 Å². The highest BCUT2D eigenvalue weighted by Gasteiger charge is 2.45. The maximum Gasteiger partial charge on any atom is 0.266 e. The van der Waals surface area contributed by atoms with Gasteiger partial charge in [0.1, 0.15) is 18.4 Å². The van der Waals surface area contributed by atoms with Crippen molar-refractivity contribution >= 4 is 23.6 Å². The van der Waals surface area contributed by atoms with Crippen molar-refractivity contribution in [1.82, 2.24) is 10.2 Å². The van der Waals surface area contributed by atoms with Crippen LogP contribution < -0.4 is 15.8 Å². The van der Waals surface area contributed by atoms with Gasteiger partial charge in [0.15, 0.2) is 0 Å². The highest BCUT2D eigenvalue weighted by atomic mass is 16.6. The van der Waals surface area contributed by atoms with Crippen LogP contribution in [0.25, 0.3) is 0 Å². The molecule has 2 aliphatic heterocycles. The van der Waals surface area contributed by atoms with Crippen LogP contribution in [0.2, 0.25) is 0 Å². The van der Waals surface area contributed by atoms with Gasteiger partial charge in [-0.3, -0.25) is 29.4 Å². The van der Waals surface area contributed by atoms with Crippen molar-refractivity contribution < 1.29 is 52.3 Å². The number of nitrogens with two attached hydrogens (primary N) is 1. The van der Waals surface area contributed by atoms with E-state index in [9.17, 15) is 19.2 Å². The molecule has 0 saturated carbocycles. The topological polar surface area (TPSA) is 174 Å². The third-order valence-corrected chi connectivity index (χ3v) is 6.04. The predicted molar refractivity (Wildman–Crippen MR) is 143 cm³/mol. The number of carbonyl (C=O) groups excluding carboxylic acids is 4. The minimum Gasteiger partial charge on any atom is -0.490 e. The molecule has 1 unspecified atom stereocenters. The molecule has 1 aromatic carbocycles. The zero-order chi connectivity index (χ0) is 29.3. The number of ether oxygens (including phenoxy) is 7. The van der Waals surface area contributed by atoms with E-state index in [-0.39, 0.29) is 42.9 Å². The van der Waals surface area contributed by atoms with Crippen molar-refractivity contribution in [3.05, 3.63) is 29.3 Å². The van der Waals surface area contributed by atoms with E-state index in [1.54, 1.807) is 12.1 Å². The summed E-state index contributed by atoms with van der Waals surface area (Å²) < 4.78 is 38.0. The molecule has 2 heterocycles. The van der Waals surface area contributed by atoms with E-state index in [1.165, 1.54) is 6.07 Å². The van der Waals surface area contributed by atoms with E-state index in [4.69, 9.17) is 38.9 Å². The molecule has 14 heteroatoms. The summed E-state index contributed by atoms with van der Waals surface area (Å²) in [5, 5.41) is 2.18. The quantitative estimate of drug-likeness (QED) is 0.133. The van der Waals surface area contributed by atoms with E-state index in [2.05, 4.69) is 5.32 Å². The van der Waals surface area contributed by atoms with Gasteiger partial charge in [0, 0.05) is 13.0 Å². The Morgan fingerprint density at radius 2 is 1.22 bits per heavy atom. The van der Waals surface area contributed by atoms with Gasteiger partial charge in [0.25, 0.3) is 11.8 Å². The Labute approximate surface area is 238 Å². The molecule has 0 bridgehead atoms. The zero-order valence-corrected chi connectivity index (χ0v) is 23.1. The monoisotopic (exact) mass is 581 g/mol. The largest absolute Gasteiger partial charge is 0.490 e. The van der Waals surface area contributed by atoms with Crippen LogP contribution in [0.5, 0.6) is 5.75 Å². The van der Waals surface area contributed by atoms with Crippen LogP contribution in [-0.2, 0) is 38.0 Å². The average Bonchev–Trinajstić information content (AvgIpc) is 3.22. The zero-order valence-electron chi connectivity index (χ0n) is 23.1. The minimum atomic E-state index is -1.03. The first-order valence-corrected chi connectivity index (χ1v) is 13.7. The average molecular weight is 582 g/mol. The number of nitrogens with zero attached hydrogens (tertiary/aromatic N) is 1. The van der Waals surface area contributed by atoms with Crippen molar-refractivity contribution in [2.24, 2.45) is 5.73 Å². The summed E-state index contributed by atoms with van der Waals surface area (Å²) in [6.07, 6.45) is 0.145. The summed E-state index contributed by atoms with van der Waals surface area (Å²) in [5.74, 6) is -2.05. The first-order chi connectivity index (χ1) is 20.0. The second-order valence-electron chi connectivity index (χ2n) is 8.94. The maximum absolute atomic E-state index is 13.0. The lowest BCUT2D eigenvalue weighted by Gasteiger charge is -2.27. The van der Waals surface area contributed by atoms with Crippen LogP contribution in [0.3, 0.4) is 0 Å². The second kappa shape index (κ2) is 18.5. The Morgan fingerprint density at radius 3 is 1.73 bits per heavy atom. The van der Waals surface area contributed by atoms with E-state index >= 15 is 0 Å². The third-order valence-electron chi connectivity index (χ3n) is 6.04. The molecule has 0 spiro atoms. The highest BCUT2D eigenvalue weighted by molar-refractivity contribution is 6.24. The summed E-state index contributed by atoms with van der Waals surface area (Å²) in [6, 6.07) is 3.67. The lowest BCUT2D eigenvalue weighted by Crippen LogP contribution is -2.54. The SMILES string of the molecule is NCCOCCOCCOCCOCCOCCOCCOc1cccc2c1C(=O)N(C1CCC(=O)NC1=O)C2=O. The number of piperidine rings is 1. The first-order valence-electron chi connectivity index (χ1n) is 13.7. The fourth-order valence-electron chi connectivity index (χ4n) is 4.10. The molecule has 3 N–H and O–H groups in total. The Bertz CT molecular complexity index is 1010. The summed E-state index contributed by atoms with van der Waals surface area (Å²) in [5.41, 5.74) is 5.59. The van der Waals surface area contributed by atoms with Crippen LogP contribution in [0, 0.1) is 0 Å². The van der Waals surface area contributed by atoms with Crippen LogP contribution >= 0.6 is 0 Å². The molecule has 41 heavy (non-hydrogen) atoms. The minimum absolute atomic E-state index is 0.0560. The Morgan fingerprint density at radius 1 is 0.707 bits per heavy atom. The number of hydrogen-bond donors (Lipinski definition) is 2.